The van der Waals surface area contributed by atoms with E-state index in [1.165, 1.54) is 0 Å². The third kappa shape index (κ3) is 5.11. The first-order valence-corrected chi connectivity index (χ1v) is 8.59. The van der Waals surface area contributed by atoms with E-state index in [1.54, 1.807) is 0 Å². The minimum Gasteiger partial charge on any atom is -0.337 e. The number of benzene rings is 1. The molecule has 1 fully saturated rings. The first kappa shape index (κ1) is 18.1. The van der Waals surface area contributed by atoms with Crippen LogP contribution >= 0.6 is 11.6 Å². The van der Waals surface area contributed by atoms with Crippen LogP contribution in [0.2, 0.25) is 5.02 Å². The van der Waals surface area contributed by atoms with Crippen LogP contribution in [0.25, 0.3) is 0 Å². The predicted octanol–water partition coefficient (Wildman–Crippen LogP) is 3.21. The highest BCUT2D eigenvalue weighted by atomic mass is 35.5. The Morgan fingerprint density at radius 3 is 2.83 bits per heavy atom. The van der Waals surface area contributed by atoms with Crippen molar-refractivity contribution in [3.05, 3.63) is 34.9 Å². The molecule has 0 bridgehead atoms. The first-order chi connectivity index (χ1) is 10.8. The first-order valence-electron chi connectivity index (χ1n) is 8.21. The number of likely N-dealkylation sites (tertiary alicyclic amines) is 1. The van der Waals surface area contributed by atoms with Crippen LogP contribution < -0.4 is 5.32 Å². The van der Waals surface area contributed by atoms with Gasteiger partial charge in [0, 0.05) is 36.6 Å². The van der Waals surface area contributed by atoms with Crippen molar-refractivity contribution in [2.75, 3.05) is 40.3 Å². The molecule has 1 aliphatic heterocycles. The topological polar surface area (TPSA) is 35.6 Å². The van der Waals surface area contributed by atoms with Gasteiger partial charge < -0.3 is 15.1 Å². The van der Waals surface area contributed by atoms with E-state index in [-0.39, 0.29) is 11.4 Å². The van der Waals surface area contributed by atoms with Crippen molar-refractivity contribution in [2.45, 2.75) is 25.7 Å². The summed E-state index contributed by atoms with van der Waals surface area (Å²) in [5.41, 5.74) is 0.987. The molecule has 1 N–H and O–H groups in total. The largest absolute Gasteiger partial charge is 0.337 e. The average molecular weight is 338 g/mol. The van der Waals surface area contributed by atoms with Gasteiger partial charge in [-0.25, -0.2) is 4.79 Å². The van der Waals surface area contributed by atoms with Gasteiger partial charge in [-0.3, -0.25) is 0 Å². The lowest BCUT2D eigenvalue weighted by Crippen LogP contribution is -2.44. The molecule has 23 heavy (non-hydrogen) atoms. The molecule has 0 saturated carbocycles. The maximum atomic E-state index is 12.4. The molecule has 128 valence electrons. The van der Waals surface area contributed by atoms with Crippen LogP contribution in [0.15, 0.2) is 24.3 Å². The minimum absolute atomic E-state index is 0.0429. The van der Waals surface area contributed by atoms with Crippen LogP contribution in [0.4, 0.5) is 4.79 Å². The molecule has 1 aliphatic rings. The average Bonchev–Trinajstić information content (AvgIpc) is 2.92. The smallest absolute Gasteiger partial charge is 0.317 e. The van der Waals surface area contributed by atoms with E-state index < -0.39 is 0 Å². The Morgan fingerprint density at radius 2 is 2.17 bits per heavy atom. The van der Waals surface area contributed by atoms with E-state index in [4.69, 9.17) is 11.6 Å². The highest BCUT2D eigenvalue weighted by Gasteiger charge is 2.28. The second-order valence-electron chi connectivity index (χ2n) is 7.42. The van der Waals surface area contributed by atoms with Crippen LogP contribution in [-0.4, -0.2) is 56.1 Å². The Morgan fingerprint density at radius 1 is 1.43 bits per heavy atom. The van der Waals surface area contributed by atoms with Crippen LogP contribution in [0, 0.1) is 5.92 Å². The van der Waals surface area contributed by atoms with Crippen molar-refractivity contribution in [3.8, 4) is 0 Å². The van der Waals surface area contributed by atoms with Crippen LogP contribution in [0.1, 0.15) is 25.8 Å². The molecule has 0 radical (unpaired) electrons. The monoisotopic (exact) mass is 337 g/mol. The lowest BCUT2D eigenvalue weighted by atomic mass is 9.84. The van der Waals surface area contributed by atoms with Gasteiger partial charge in [-0.05, 0) is 44.1 Å². The Labute approximate surface area is 144 Å². The van der Waals surface area contributed by atoms with Crippen molar-refractivity contribution in [1.82, 2.24) is 15.1 Å². The number of hydrogen-bond donors (Lipinski definition) is 1. The summed E-state index contributed by atoms with van der Waals surface area (Å²) in [5.74, 6) is 0.580. The highest BCUT2D eigenvalue weighted by molar-refractivity contribution is 6.30. The number of amides is 2. The van der Waals surface area contributed by atoms with Gasteiger partial charge in [0.2, 0.25) is 0 Å². The molecular formula is C18H28ClN3O. The van der Waals surface area contributed by atoms with Gasteiger partial charge in [0.25, 0.3) is 0 Å². The lowest BCUT2D eigenvalue weighted by molar-refractivity contribution is 0.203. The summed E-state index contributed by atoms with van der Waals surface area (Å²) in [5, 5.41) is 3.82. The maximum Gasteiger partial charge on any atom is 0.317 e. The Hall–Kier alpha value is -1.26. The van der Waals surface area contributed by atoms with Gasteiger partial charge in [0.1, 0.15) is 0 Å². The lowest BCUT2D eigenvalue weighted by Gasteiger charge is -2.27. The number of urea groups is 1. The number of hydrogen-bond acceptors (Lipinski definition) is 2. The number of nitrogens with one attached hydrogen (secondary N) is 1. The fraction of sp³-hybridized carbons (Fsp3) is 0.611. The van der Waals surface area contributed by atoms with E-state index in [1.807, 2.05) is 23.1 Å². The number of rotatable bonds is 5. The Bertz CT molecular complexity index is 545. The second kappa shape index (κ2) is 7.54. The molecular weight excluding hydrogens is 310 g/mol. The number of nitrogens with zero attached hydrogens (tertiary/aromatic N) is 2. The van der Waals surface area contributed by atoms with Gasteiger partial charge in [-0.1, -0.05) is 37.6 Å². The van der Waals surface area contributed by atoms with Gasteiger partial charge in [0.15, 0.2) is 0 Å². The van der Waals surface area contributed by atoms with Crippen LogP contribution in [-0.2, 0) is 5.41 Å². The third-order valence-corrected chi connectivity index (χ3v) is 4.72. The van der Waals surface area contributed by atoms with E-state index in [0.29, 0.717) is 12.5 Å². The number of carbonyl (C=O) groups excluding carboxylic acids is 1. The molecule has 1 aromatic rings. The summed E-state index contributed by atoms with van der Waals surface area (Å²) >= 11 is 6.08. The fourth-order valence-electron chi connectivity index (χ4n) is 3.10. The molecule has 2 rings (SSSR count). The van der Waals surface area contributed by atoms with Crippen molar-refractivity contribution < 1.29 is 4.79 Å². The standard InChI is InChI=1S/C18H28ClN3O/c1-18(2,15-6-5-7-16(19)10-15)13-20-17(23)22-9-8-14(12-22)11-21(3)4/h5-7,10,14H,8-9,11-13H2,1-4H3,(H,20,23)/t14-/m0/s1. The van der Waals surface area contributed by atoms with Gasteiger partial charge in [-0.15, -0.1) is 0 Å². The van der Waals surface area contributed by atoms with E-state index in [9.17, 15) is 4.79 Å². The molecule has 1 aromatic carbocycles. The summed E-state index contributed by atoms with van der Waals surface area (Å²) in [6, 6.07) is 7.89. The number of carbonyl (C=O) groups is 1. The number of halogens is 1. The summed E-state index contributed by atoms with van der Waals surface area (Å²) < 4.78 is 0. The summed E-state index contributed by atoms with van der Waals surface area (Å²) in [4.78, 5) is 16.5. The molecule has 1 atom stereocenters. The SMILES string of the molecule is CN(C)C[C@@H]1CCN(C(=O)NCC(C)(C)c2cccc(Cl)c2)C1. The second-order valence-corrected chi connectivity index (χ2v) is 7.85. The van der Waals surface area contributed by atoms with Crippen LogP contribution in [0.3, 0.4) is 0 Å². The molecule has 0 spiro atoms. The van der Waals surface area contributed by atoms with Crippen molar-refractivity contribution in [3.63, 3.8) is 0 Å². The van der Waals surface area contributed by atoms with Crippen LogP contribution in [0.5, 0.6) is 0 Å². The normalized spacial score (nSPS) is 18.5. The summed E-state index contributed by atoms with van der Waals surface area (Å²) in [6.45, 7) is 7.58. The highest BCUT2D eigenvalue weighted by Crippen LogP contribution is 2.25. The van der Waals surface area contributed by atoms with Crippen molar-refractivity contribution in [2.24, 2.45) is 5.92 Å². The molecule has 0 aromatic heterocycles. The zero-order valence-electron chi connectivity index (χ0n) is 14.6. The predicted molar refractivity (Wildman–Crippen MR) is 96.1 cm³/mol. The zero-order chi connectivity index (χ0) is 17.0. The zero-order valence-corrected chi connectivity index (χ0v) is 15.4. The van der Waals surface area contributed by atoms with Gasteiger partial charge >= 0.3 is 6.03 Å². The quantitative estimate of drug-likeness (QED) is 0.895. The fourth-order valence-corrected chi connectivity index (χ4v) is 3.29. The van der Waals surface area contributed by atoms with Gasteiger partial charge in [0.05, 0.1) is 0 Å². The minimum atomic E-state index is -0.149. The van der Waals surface area contributed by atoms with E-state index in [2.05, 4.69) is 44.2 Å². The molecule has 4 nitrogen and oxygen atoms in total. The maximum absolute atomic E-state index is 12.4. The van der Waals surface area contributed by atoms with E-state index in [0.717, 1.165) is 36.6 Å². The van der Waals surface area contributed by atoms with Crippen molar-refractivity contribution >= 4 is 17.6 Å². The van der Waals surface area contributed by atoms with Gasteiger partial charge in [-0.2, -0.15) is 0 Å². The molecule has 0 aliphatic carbocycles. The van der Waals surface area contributed by atoms with Crippen molar-refractivity contribution in [1.29, 1.82) is 0 Å². The molecule has 5 heteroatoms. The molecule has 2 amide bonds. The molecule has 1 heterocycles. The summed E-state index contributed by atoms with van der Waals surface area (Å²) in [6.07, 6.45) is 1.09. The Kier molecular flexibility index (Phi) is 5.93. The third-order valence-electron chi connectivity index (χ3n) is 4.48. The summed E-state index contributed by atoms with van der Waals surface area (Å²) in [7, 11) is 4.16. The van der Waals surface area contributed by atoms with E-state index >= 15 is 0 Å². The molecule has 0 unspecified atom stereocenters. The Balaban J connectivity index is 1.87. The molecule has 1 saturated heterocycles.